The summed E-state index contributed by atoms with van der Waals surface area (Å²) in [6, 6.07) is 13.2. The number of pyridine rings is 2. The summed E-state index contributed by atoms with van der Waals surface area (Å²) in [4.78, 5) is 17.4. The smallest absolute Gasteiger partial charge is 0.260 e. The Morgan fingerprint density at radius 1 is 1.17 bits per heavy atom. The van der Waals surface area contributed by atoms with E-state index in [9.17, 15) is 4.79 Å². The van der Waals surface area contributed by atoms with Crippen molar-refractivity contribution in [3.8, 4) is 11.1 Å². The van der Waals surface area contributed by atoms with Gasteiger partial charge in [-0.3, -0.25) is 9.36 Å². The van der Waals surface area contributed by atoms with E-state index in [1.54, 1.807) is 10.8 Å². The molecule has 0 fully saturated rings. The number of halogens is 1. The highest BCUT2D eigenvalue weighted by Gasteiger charge is 2.11. The molecule has 2 heterocycles. The maximum atomic E-state index is 13.0. The Labute approximate surface area is 146 Å². The zero-order valence-electron chi connectivity index (χ0n) is 13.6. The lowest BCUT2D eigenvalue weighted by Crippen LogP contribution is -2.22. The lowest BCUT2D eigenvalue weighted by molar-refractivity contribution is 0.701. The summed E-state index contributed by atoms with van der Waals surface area (Å²) in [6.45, 7) is 2.71. The summed E-state index contributed by atoms with van der Waals surface area (Å²) < 4.78 is 1.76. The highest BCUT2D eigenvalue weighted by atomic mass is 35.5. The van der Waals surface area contributed by atoms with Gasteiger partial charge in [0.25, 0.3) is 5.56 Å². The summed E-state index contributed by atoms with van der Waals surface area (Å²) in [6.07, 6.45) is 7.74. The first-order valence-electron chi connectivity index (χ1n) is 8.10. The van der Waals surface area contributed by atoms with Crippen LogP contribution >= 0.6 is 11.6 Å². The standard InChI is InChI=1S/C20H19ClN2O/c1-2-3-4-5-12-23-19-16(9-7-11-22-19)14-18(20(23)24)15-8-6-10-17(21)13-15/h3-4,6-11,13-14H,2,5,12H2,1H3. The van der Waals surface area contributed by atoms with E-state index >= 15 is 0 Å². The molecule has 0 saturated heterocycles. The average Bonchev–Trinajstić information content (AvgIpc) is 2.60. The van der Waals surface area contributed by atoms with Crippen LogP contribution in [0.15, 0.2) is 65.6 Å². The van der Waals surface area contributed by atoms with Crippen LogP contribution in [0.4, 0.5) is 0 Å². The highest BCUT2D eigenvalue weighted by Crippen LogP contribution is 2.23. The molecule has 24 heavy (non-hydrogen) atoms. The zero-order valence-corrected chi connectivity index (χ0v) is 14.3. The Morgan fingerprint density at radius 2 is 2.04 bits per heavy atom. The fourth-order valence-corrected chi connectivity index (χ4v) is 2.96. The summed E-state index contributed by atoms with van der Waals surface area (Å²) in [7, 11) is 0. The van der Waals surface area contributed by atoms with Gasteiger partial charge in [0.1, 0.15) is 5.65 Å². The molecular formula is C20H19ClN2O. The third-order valence-electron chi connectivity index (χ3n) is 3.91. The molecule has 0 aliphatic rings. The van der Waals surface area contributed by atoms with Gasteiger partial charge >= 0.3 is 0 Å². The lowest BCUT2D eigenvalue weighted by Gasteiger charge is -2.11. The molecule has 0 amide bonds. The van der Waals surface area contributed by atoms with Gasteiger partial charge in [0.05, 0.1) is 0 Å². The van der Waals surface area contributed by atoms with Crippen LogP contribution in [0.2, 0.25) is 5.02 Å². The minimum Gasteiger partial charge on any atom is -0.292 e. The van der Waals surface area contributed by atoms with E-state index in [1.807, 2.05) is 42.5 Å². The second-order valence-corrected chi connectivity index (χ2v) is 6.05. The van der Waals surface area contributed by atoms with Crippen molar-refractivity contribution < 1.29 is 0 Å². The molecule has 3 nitrogen and oxygen atoms in total. The predicted molar refractivity (Wildman–Crippen MR) is 100 cm³/mol. The van der Waals surface area contributed by atoms with Crippen molar-refractivity contribution in [2.75, 3.05) is 0 Å². The van der Waals surface area contributed by atoms with E-state index in [0.29, 0.717) is 17.1 Å². The molecule has 4 heteroatoms. The monoisotopic (exact) mass is 338 g/mol. The van der Waals surface area contributed by atoms with Crippen LogP contribution in [0.3, 0.4) is 0 Å². The van der Waals surface area contributed by atoms with E-state index in [1.165, 1.54) is 0 Å². The van der Waals surface area contributed by atoms with Gasteiger partial charge in [0, 0.05) is 28.7 Å². The van der Waals surface area contributed by atoms with E-state index < -0.39 is 0 Å². The van der Waals surface area contributed by atoms with Gasteiger partial charge in [0.2, 0.25) is 0 Å². The summed E-state index contributed by atoms with van der Waals surface area (Å²) in [5.74, 6) is 0. The van der Waals surface area contributed by atoms with Crippen molar-refractivity contribution >= 4 is 22.6 Å². The largest absolute Gasteiger partial charge is 0.292 e. The third-order valence-corrected chi connectivity index (χ3v) is 4.14. The highest BCUT2D eigenvalue weighted by molar-refractivity contribution is 6.30. The summed E-state index contributed by atoms with van der Waals surface area (Å²) >= 11 is 6.09. The first kappa shape index (κ1) is 16.5. The lowest BCUT2D eigenvalue weighted by atomic mass is 10.1. The van der Waals surface area contributed by atoms with Gasteiger partial charge in [-0.25, -0.2) is 4.98 Å². The van der Waals surface area contributed by atoms with Gasteiger partial charge < -0.3 is 0 Å². The van der Waals surface area contributed by atoms with Gasteiger partial charge in [-0.05, 0) is 48.7 Å². The molecule has 0 unspecified atom stereocenters. The summed E-state index contributed by atoms with van der Waals surface area (Å²) in [5.41, 5.74) is 2.17. The Bertz CT molecular complexity index is 944. The molecule has 3 rings (SSSR count). The number of allylic oxidation sites excluding steroid dienone is 2. The number of hydrogen-bond acceptors (Lipinski definition) is 2. The molecule has 2 aromatic heterocycles. The normalized spacial score (nSPS) is 11.4. The Kier molecular flexibility index (Phi) is 5.11. The van der Waals surface area contributed by atoms with Gasteiger partial charge in [-0.1, -0.05) is 42.8 Å². The molecule has 0 bridgehead atoms. The topological polar surface area (TPSA) is 34.9 Å². The van der Waals surface area contributed by atoms with Crippen LogP contribution in [0.25, 0.3) is 22.2 Å². The van der Waals surface area contributed by atoms with E-state index in [-0.39, 0.29) is 5.56 Å². The summed E-state index contributed by atoms with van der Waals surface area (Å²) in [5, 5.41) is 1.57. The van der Waals surface area contributed by atoms with Gasteiger partial charge in [-0.2, -0.15) is 0 Å². The Hall–Kier alpha value is -2.39. The fraction of sp³-hybridized carbons (Fsp3) is 0.200. The predicted octanol–water partition coefficient (Wildman–Crippen LogP) is 5.07. The van der Waals surface area contributed by atoms with Crippen LogP contribution in [0.1, 0.15) is 19.8 Å². The molecule has 0 radical (unpaired) electrons. The van der Waals surface area contributed by atoms with Crippen LogP contribution in [0, 0.1) is 0 Å². The van der Waals surface area contributed by atoms with Gasteiger partial charge in [-0.15, -0.1) is 0 Å². The number of aromatic nitrogens is 2. The quantitative estimate of drug-likeness (QED) is 0.608. The molecule has 1 aromatic carbocycles. The molecule has 0 N–H and O–H groups in total. The minimum absolute atomic E-state index is 0.0339. The maximum Gasteiger partial charge on any atom is 0.260 e. The SMILES string of the molecule is CCC=CCCn1c(=O)c(-c2cccc(Cl)c2)cc2cccnc21. The minimum atomic E-state index is -0.0339. The second kappa shape index (κ2) is 7.45. The van der Waals surface area contributed by atoms with Crippen molar-refractivity contribution in [1.82, 2.24) is 9.55 Å². The molecule has 0 atom stereocenters. The first-order valence-corrected chi connectivity index (χ1v) is 8.48. The van der Waals surface area contributed by atoms with E-state index in [4.69, 9.17) is 11.6 Å². The van der Waals surface area contributed by atoms with Crippen molar-refractivity contribution in [3.05, 3.63) is 76.2 Å². The number of rotatable bonds is 5. The molecule has 122 valence electrons. The van der Waals surface area contributed by atoms with Crippen molar-refractivity contribution in [3.63, 3.8) is 0 Å². The molecule has 3 aromatic rings. The zero-order chi connectivity index (χ0) is 16.9. The van der Waals surface area contributed by atoms with Crippen LogP contribution < -0.4 is 5.56 Å². The molecule has 0 aliphatic heterocycles. The van der Waals surface area contributed by atoms with Crippen LogP contribution in [0.5, 0.6) is 0 Å². The first-order chi connectivity index (χ1) is 11.7. The number of aryl methyl sites for hydroxylation is 1. The molecule has 0 aliphatic carbocycles. The molecular weight excluding hydrogens is 320 g/mol. The number of hydrogen-bond donors (Lipinski definition) is 0. The average molecular weight is 339 g/mol. The van der Waals surface area contributed by atoms with E-state index in [2.05, 4.69) is 24.1 Å². The third kappa shape index (κ3) is 3.41. The molecule has 0 saturated carbocycles. The Balaban J connectivity index is 2.15. The molecule has 0 spiro atoms. The number of nitrogens with zero attached hydrogens (tertiary/aromatic N) is 2. The van der Waals surface area contributed by atoms with Crippen LogP contribution in [-0.4, -0.2) is 9.55 Å². The van der Waals surface area contributed by atoms with Crippen molar-refractivity contribution in [2.24, 2.45) is 0 Å². The second-order valence-electron chi connectivity index (χ2n) is 5.61. The van der Waals surface area contributed by atoms with Gasteiger partial charge in [0.15, 0.2) is 0 Å². The van der Waals surface area contributed by atoms with Crippen molar-refractivity contribution in [2.45, 2.75) is 26.3 Å². The number of benzene rings is 1. The van der Waals surface area contributed by atoms with Crippen LogP contribution in [-0.2, 0) is 6.54 Å². The maximum absolute atomic E-state index is 13.0. The van der Waals surface area contributed by atoms with Crippen molar-refractivity contribution in [1.29, 1.82) is 0 Å². The Morgan fingerprint density at radius 3 is 2.83 bits per heavy atom. The fourth-order valence-electron chi connectivity index (χ4n) is 2.76. The number of fused-ring (bicyclic) bond motifs is 1. The van der Waals surface area contributed by atoms with E-state index in [0.717, 1.165) is 29.4 Å².